The van der Waals surface area contributed by atoms with Crippen LogP contribution in [0.3, 0.4) is 0 Å². The molecule has 18 heavy (non-hydrogen) atoms. The lowest BCUT2D eigenvalue weighted by atomic mass is 10.1. The normalized spacial score (nSPS) is 11.3. The van der Waals surface area contributed by atoms with Crippen LogP contribution in [0.15, 0.2) is 24.3 Å². The van der Waals surface area contributed by atoms with Gasteiger partial charge in [-0.3, -0.25) is 4.79 Å². The van der Waals surface area contributed by atoms with Crippen molar-refractivity contribution in [3.63, 3.8) is 0 Å². The van der Waals surface area contributed by atoms with Gasteiger partial charge < -0.3 is 5.32 Å². The summed E-state index contributed by atoms with van der Waals surface area (Å²) >= 11 is 5.71. The van der Waals surface area contributed by atoms with Crippen LogP contribution in [0.5, 0.6) is 0 Å². The first-order valence-corrected chi connectivity index (χ1v) is 5.82. The zero-order valence-electron chi connectivity index (χ0n) is 9.56. The predicted octanol–water partition coefficient (Wildman–Crippen LogP) is 3.34. The summed E-state index contributed by atoms with van der Waals surface area (Å²) in [6, 6.07) is 7.13. The Morgan fingerprint density at radius 1 is 1.22 bits per heavy atom. The molecule has 0 saturated heterocycles. The van der Waals surface area contributed by atoms with Crippen LogP contribution in [0.1, 0.15) is 18.4 Å². The number of hydrogen-bond donors (Lipinski definition) is 1. The van der Waals surface area contributed by atoms with Gasteiger partial charge in [-0.25, -0.2) is 0 Å². The molecule has 0 fully saturated rings. The molecule has 1 aromatic carbocycles. The molecule has 2 nitrogen and oxygen atoms in total. The van der Waals surface area contributed by atoms with Crippen molar-refractivity contribution in [2.45, 2.75) is 25.4 Å². The van der Waals surface area contributed by atoms with Crippen LogP contribution in [0, 0.1) is 0 Å². The van der Waals surface area contributed by atoms with Crippen LogP contribution in [-0.4, -0.2) is 18.6 Å². The number of amides is 1. The fourth-order valence-electron chi connectivity index (χ4n) is 1.39. The topological polar surface area (TPSA) is 29.1 Å². The molecule has 1 aromatic rings. The molecular formula is C12H13ClF3NO. The summed E-state index contributed by atoms with van der Waals surface area (Å²) in [6.07, 6.45) is -3.13. The average molecular weight is 280 g/mol. The van der Waals surface area contributed by atoms with E-state index in [2.05, 4.69) is 0 Å². The standard InChI is InChI=1S/C12H13ClF3NO/c13-10-6-4-9(5-7-10)2-1-3-11(18)17-8-12(14,15)16/h4-7H,1-3,8H2,(H,17,18). The maximum absolute atomic E-state index is 11.8. The van der Waals surface area contributed by atoms with Crippen molar-refractivity contribution >= 4 is 17.5 Å². The van der Waals surface area contributed by atoms with Crippen LogP contribution in [0.4, 0.5) is 13.2 Å². The fraction of sp³-hybridized carbons (Fsp3) is 0.417. The lowest BCUT2D eigenvalue weighted by Crippen LogP contribution is -2.33. The number of rotatable bonds is 5. The molecule has 0 bridgehead atoms. The Morgan fingerprint density at radius 2 is 1.83 bits per heavy atom. The molecule has 6 heteroatoms. The van der Waals surface area contributed by atoms with Crippen molar-refractivity contribution in [2.24, 2.45) is 0 Å². The third-order valence-electron chi connectivity index (χ3n) is 2.27. The monoisotopic (exact) mass is 279 g/mol. The lowest BCUT2D eigenvalue weighted by Gasteiger charge is -2.08. The summed E-state index contributed by atoms with van der Waals surface area (Å²) in [5.74, 6) is -0.582. The van der Waals surface area contributed by atoms with Gasteiger partial charge in [0.05, 0.1) is 0 Å². The first-order valence-electron chi connectivity index (χ1n) is 5.45. The van der Waals surface area contributed by atoms with E-state index in [0.29, 0.717) is 17.9 Å². The number of alkyl halides is 3. The van der Waals surface area contributed by atoms with Crippen molar-refractivity contribution in [3.8, 4) is 0 Å². The molecular weight excluding hydrogens is 267 g/mol. The summed E-state index contributed by atoms with van der Waals surface area (Å²) in [5.41, 5.74) is 1.00. The predicted molar refractivity (Wildman–Crippen MR) is 63.5 cm³/mol. The molecule has 0 radical (unpaired) electrons. The summed E-state index contributed by atoms with van der Waals surface area (Å²) < 4.78 is 35.4. The van der Waals surface area contributed by atoms with Crippen LogP contribution in [0.25, 0.3) is 0 Å². The highest BCUT2D eigenvalue weighted by Crippen LogP contribution is 2.13. The van der Waals surface area contributed by atoms with E-state index >= 15 is 0 Å². The second-order valence-electron chi connectivity index (χ2n) is 3.87. The lowest BCUT2D eigenvalue weighted by molar-refractivity contribution is -0.138. The number of carbonyl (C=O) groups excluding carboxylic acids is 1. The minimum Gasteiger partial charge on any atom is -0.347 e. The van der Waals surface area contributed by atoms with Crippen LogP contribution in [0.2, 0.25) is 5.02 Å². The van der Waals surface area contributed by atoms with Crippen molar-refractivity contribution in [1.29, 1.82) is 0 Å². The Bertz CT molecular complexity index is 389. The van der Waals surface area contributed by atoms with Gasteiger partial charge in [0.25, 0.3) is 0 Å². The third kappa shape index (κ3) is 6.49. The van der Waals surface area contributed by atoms with Crippen molar-refractivity contribution < 1.29 is 18.0 Å². The number of nitrogens with one attached hydrogen (secondary N) is 1. The summed E-state index contributed by atoms with van der Waals surface area (Å²) in [4.78, 5) is 11.1. The van der Waals surface area contributed by atoms with E-state index in [1.807, 2.05) is 17.4 Å². The Morgan fingerprint density at radius 3 is 2.39 bits per heavy atom. The SMILES string of the molecule is O=C(CCCc1ccc(Cl)cc1)NCC(F)(F)F. The summed E-state index contributed by atoms with van der Waals surface area (Å²) in [5, 5.41) is 2.46. The maximum atomic E-state index is 11.8. The number of halogens is 4. The maximum Gasteiger partial charge on any atom is 0.405 e. The number of benzene rings is 1. The van der Waals surface area contributed by atoms with E-state index in [-0.39, 0.29) is 6.42 Å². The molecule has 0 aromatic heterocycles. The highest BCUT2D eigenvalue weighted by molar-refractivity contribution is 6.30. The van der Waals surface area contributed by atoms with E-state index in [1.165, 1.54) is 0 Å². The summed E-state index contributed by atoms with van der Waals surface area (Å²) in [6.45, 7) is -1.27. The molecule has 100 valence electrons. The van der Waals surface area contributed by atoms with E-state index in [4.69, 9.17) is 11.6 Å². The van der Waals surface area contributed by atoms with E-state index in [1.54, 1.807) is 12.1 Å². The molecule has 0 aliphatic carbocycles. The Kier molecular flexibility index (Phi) is 5.47. The van der Waals surface area contributed by atoms with Gasteiger partial charge in [0.1, 0.15) is 6.54 Å². The van der Waals surface area contributed by atoms with Gasteiger partial charge in [0, 0.05) is 11.4 Å². The van der Waals surface area contributed by atoms with Crippen LogP contribution >= 0.6 is 11.6 Å². The van der Waals surface area contributed by atoms with Gasteiger partial charge in [-0.1, -0.05) is 23.7 Å². The van der Waals surface area contributed by atoms with Gasteiger partial charge >= 0.3 is 6.18 Å². The number of hydrogen-bond acceptors (Lipinski definition) is 1. The van der Waals surface area contributed by atoms with Gasteiger partial charge in [0.2, 0.25) is 5.91 Å². The molecule has 0 saturated carbocycles. The minimum atomic E-state index is -4.36. The van der Waals surface area contributed by atoms with Crippen molar-refractivity contribution in [3.05, 3.63) is 34.9 Å². The molecule has 0 atom stereocenters. The van der Waals surface area contributed by atoms with Gasteiger partial charge in [-0.2, -0.15) is 13.2 Å². The van der Waals surface area contributed by atoms with Crippen LogP contribution in [-0.2, 0) is 11.2 Å². The molecule has 1 rings (SSSR count). The van der Waals surface area contributed by atoms with Crippen molar-refractivity contribution in [1.82, 2.24) is 5.32 Å². The quantitative estimate of drug-likeness (QED) is 0.880. The third-order valence-corrected chi connectivity index (χ3v) is 2.52. The highest BCUT2D eigenvalue weighted by atomic mass is 35.5. The first-order chi connectivity index (χ1) is 8.37. The second kappa shape index (κ2) is 6.64. The number of carbonyl (C=O) groups is 1. The van der Waals surface area contributed by atoms with Gasteiger partial charge in [-0.15, -0.1) is 0 Å². The molecule has 0 aliphatic rings. The molecule has 0 unspecified atom stereocenters. The zero-order chi connectivity index (χ0) is 13.6. The minimum absolute atomic E-state index is 0.0821. The smallest absolute Gasteiger partial charge is 0.347 e. The molecule has 0 heterocycles. The molecule has 1 amide bonds. The second-order valence-corrected chi connectivity index (χ2v) is 4.31. The zero-order valence-corrected chi connectivity index (χ0v) is 10.3. The Hall–Kier alpha value is -1.23. The van der Waals surface area contributed by atoms with E-state index in [0.717, 1.165) is 5.56 Å². The Labute approximate surface area is 108 Å². The fourth-order valence-corrected chi connectivity index (χ4v) is 1.52. The Balaban J connectivity index is 2.21. The summed E-state index contributed by atoms with van der Waals surface area (Å²) in [7, 11) is 0. The highest BCUT2D eigenvalue weighted by Gasteiger charge is 2.27. The molecule has 0 aliphatic heterocycles. The first kappa shape index (κ1) is 14.8. The van der Waals surface area contributed by atoms with E-state index < -0.39 is 18.6 Å². The van der Waals surface area contributed by atoms with Crippen LogP contribution < -0.4 is 5.32 Å². The van der Waals surface area contributed by atoms with E-state index in [9.17, 15) is 18.0 Å². The number of aryl methyl sites for hydroxylation is 1. The van der Waals surface area contributed by atoms with Gasteiger partial charge in [-0.05, 0) is 30.5 Å². The largest absolute Gasteiger partial charge is 0.405 e. The molecule has 0 spiro atoms. The van der Waals surface area contributed by atoms with Gasteiger partial charge in [0.15, 0.2) is 0 Å². The average Bonchev–Trinajstić information content (AvgIpc) is 2.28. The van der Waals surface area contributed by atoms with Crippen molar-refractivity contribution in [2.75, 3.05) is 6.54 Å². The molecule has 1 N–H and O–H groups in total.